The fourth-order valence-corrected chi connectivity index (χ4v) is 2.20. The summed E-state index contributed by atoms with van der Waals surface area (Å²) in [7, 11) is 2.83. The topological polar surface area (TPSA) is 93.7 Å². The summed E-state index contributed by atoms with van der Waals surface area (Å²) in [6.07, 6.45) is 2.46. The standard InChI is InChI=1S/C14H26N2O5S/c1-10(9-20-2)15-14(19)11(7-8-22-4)16-12(17)5-6-13(18)21-3/h10-11H,5-9H2,1-4H3,(H,15,19)(H,16,17). The first-order chi connectivity index (χ1) is 10.4. The van der Waals surface area contributed by atoms with Gasteiger partial charge in [-0.2, -0.15) is 11.8 Å². The van der Waals surface area contributed by atoms with Gasteiger partial charge in [0.15, 0.2) is 0 Å². The predicted octanol–water partition coefficient (Wildman–Crippen LogP) is 0.329. The molecule has 0 saturated heterocycles. The van der Waals surface area contributed by atoms with Crippen LogP contribution in [0.15, 0.2) is 0 Å². The Labute approximate surface area is 135 Å². The average Bonchev–Trinajstić information content (AvgIpc) is 2.48. The van der Waals surface area contributed by atoms with E-state index in [1.165, 1.54) is 7.11 Å². The van der Waals surface area contributed by atoms with Crippen molar-refractivity contribution in [2.45, 2.75) is 38.3 Å². The summed E-state index contributed by atoms with van der Waals surface area (Å²) in [5, 5.41) is 5.46. The Morgan fingerprint density at radius 3 is 2.36 bits per heavy atom. The van der Waals surface area contributed by atoms with E-state index in [1.807, 2.05) is 13.2 Å². The molecule has 0 bridgehead atoms. The zero-order valence-corrected chi connectivity index (χ0v) is 14.5. The molecular formula is C14H26N2O5S. The first kappa shape index (κ1) is 20.7. The molecule has 2 amide bonds. The maximum atomic E-state index is 12.2. The molecule has 0 radical (unpaired) electrons. The number of thioether (sulfide) groups is 1. The Bertz CT molecular complexity index is 365. The monoisotopic (exact) mass is 334 g/mol. The average molecular weight is 334 g/mol. The van der Waals surface area contributed by atoms with Crippen molar-refractivity contribution in [2.24, 2.45) is 0 Å². The number of ether oxygens (including phenoxy) is 2. The van der Waals surface area contributed by atoms with E-state index in [2.05, 4.69) is 15.4 Å². The highest BCUT2D eigenvalue weighted by molar-refractivity contribution is 7.98. The van der Waals surface area contributed by atoms with E-state index >= 15 is 0 Å². The van der Waals surface area contributed by atoms with Crippen LogP contribution in [0.4, 0.5) is 0 Å². The van der Waals surface area contributed by atoms with Gasteiger partial charge in [0, 0.05) is 19.6 Å². The fraction of sp³-hybridized carbons (Fsp3) is 0.786. The van der Waals surface area contributed by atoms with Crippen molar-refractivity contribution in [1.82, 2.24) is 10.6 Å². The smallest absolute Gasteiger partial charge is 0.306 e. The van der Waals surface area contributed by atoms with E-state index in [0.29, 0.717) is 13.0 Å². The van der Waals surface area contributed by atoms with Crippen LogP contribution in [0, 0.1) is 0 Å². The molecule has 22 heavy (non-hydrogen) atoms. The maximum Gasteiger partial charge on any atom is 0.306 e. The molecular weight excluding hydrogens is 308 g/mol. The first-order valence-corrected chi connectivity index (χ1v) is 8.48. The molecule has 7 nitrogen and oxygen atoms in total. The number of nitrogens with one attached hydrogen (secondary N) is 2. The zero-order chi connectivity index (χ0) is 17.0. The van der Waals surface area contributed by atoms with E-state index in [1.54, 1.807) is 18.9 Å². The van der Waals surface area contributed by atoms with Gasteiger partial charge in [-0.15, -0.1) is 0 Å². The number of carbonyl (C=O) groups excluding carboxylic acids is 3. The lowest BCUT2D eigenvalue weighted by Gasteiger charge is -2.21. The van der Waals surface area contributed by atoms with Crippen molar-refractivity contribution >= 4 is 29.5 Å². The van der Waals surface area contributed by atoms with Crippen LogP contribution in [0.5, 0.6) is 0 Å². The van der Waals surface area contributed by atoms with Gasteiger partial charge in [-0.05, 0) is 25.4 Å². The first-order valence-electron chi connectivity index (χ1n) is 7.09. The summed E-state index contributed by atoms with van der Waals surface area (Å²) in [5.41, 5.74) is 0. The van der Waals surface area contributed by atoms with Crippen LogP contribution in [0.1, 0.15) is 26.2 Å². The van der Waals surface area contributed by atoms with Gasteiger partial charge < -0.3 is 20.1 Å². The van der Waals surface area contributed by atoms with E-state index in [9.17, 15) is 14.4 Å². The van der Waals surface area contributed by atoms with Crippen LogP contribution in [-0.2, 0) is 23.9 Å². The molecule has 0 aromatic heterocycles. The quantitative estimate of drug-likeness (QED) is 0.529. The van der Waals surface area contributed by atoms with Crippen LogP contribution in [0.25, 0.3) is 0 Å². The number of esters is 1. The molecule has 0 aromatic carbocycles. The molecule has 0 saturated carbocycles. The predicted molar refractivity (Wildman–Crippen MR) is 85.7 cm³/mol. The van der Waals surface area contributed by atoms with E-state index < -0.39 is 12.0 Å². The number of methoxy groups -OCH3 is 2. The Morgan fingerprint density at radius 2 is 1.82 bits per heavy atom. The Kier molecular flexibility index (Phi) is 11.6. The highest BCUT2D eigenvalue weighted by Crippen LogP contribution is 2.03. The van der Waals surface area contributed by atoms with Crippen LogP contribution in [0.3, 0.4) is 0 Å². The SMILES string of the molecule is COCC(C)NC(=O)C(CCSC)NC(=O)CCC(=O)OC. The second-order valence-electron chi connectivity index (χ2n) is 4.84. The molecule has 0 heterocycles. The minimum absolute atomic E-state index is 0.000717. The molecule has 2 N–H and O–H groups in total. The highest BCUT2D eigenvalue weighted by atomic mass is 32.2. The van der Waals surface area contributed by atoms with Gasteiger partial charge in [-0.25, -0.2) is 0 Å². The zero-order valence-electron chi connectivity index (χ0n) is 13.6. The minimum Gasteiger partial charge on any atom is -0.469 e. The molecule has 0 aliphatic rings. The molecule has 0 rings (SSSR count). The van der Waals surface area contributed by atoms with Crippen molar-refractivity contribution in [3.8, 4) is 0 Å². The minimum atomic E-state index is -0.614. The summed E-state index contributed by atoms with van der Waals surface area (Å²) < 4.78 is 9.45. The van der Waals surface area contributed by atoms with Gasteiger partial charge in [-0.3, -0.25) is 14.4 Å². The van der Waals surface area contributed by atoms with Crippen LogP contribution >= 0.6 is 11.8 Å². The van der Waals surface area contributed by atoms with Gasteiger partial charge in [0.05, 0.1) is 20.1 Å². The summed E-state index contributed by atoms with van der Waals surface area (Å²) in [6.45, 7) is 2.23. The van der Waals surface area contributed by atoms with Gasteiger partial charge in [0.1, 0.15) is 6.04 Å². The van der Waals surface area contributed by atoms with Crippen LogP contribution < -0.4 is 10.6 Å². The van der Waals surface area contributed by atoms with Crippen molar-refractivity contribution in [2.75, 3.05) is 32.8 Å². The summed E-state index contributed by atoms with van der Waals surface area (Å²) in [5.74, 6) is -0.293. The third kappa shape index (κ3) is 9.62. The lowest BCUT2D eigenvalue weighted by molar-refractivity contribution is -0.142. The van der Waals surface area contributed by atoms with E-state index in [4.69, 9.17) is 4.74 Å². The van der Waals surface area contributed by atoms with Crippen LogP contribution in [-0.4, -0.2) is 62.7 Å². The number of hydrogen-bond donors (Lipinski definition) is 2. The fourth-order valence-electron chi connectivity index (χ4n) is 1.72. The van der Waals surface area contributed by atoms with Gasteiger partial charge in [0.25, 0.3) is 0 Å². The van der Waals surface area contributed by atoms with E-state index in [-0.39, 0.29) is 30.7 Å². The highest BCUT2D eigenvalue weighted by Gasteiger charge is 2.22. The summed E-state index contributed by atoms with van der Waals surface area (Å²) in [6, 6.07) is -0.752. The van der Waals surface area contributed by atoms with Crippen molar-refractivity contribution in [3.63, 3.8) is 0 Å². The second-order valence-corrected chi connectivity index (χ2v) is 5.83. The molecule has 2 atom stereocenters. The van der Waals surface area contributed by atoms with Crippen molar-refractivity contribution in [1.29, 1.82) is 0 Å². The molecule has 0 aliphatic heterocycles. The Hall–Kier alpha value is -1.28. The Balaban J connectivity index is 4.45. The molecule has 2 unspecified atom stereocenters. The van der Waals surface area contributed by atoms with Crippen molar-refractivity contribution < 1.29 is 23.9 Å². The number of carbonyl (C=O) groups is 3. The Morgan fingerprint density at radius 1 is 1.14 bits per heavy atom. The molecule has 128 valence electrons. The molecule has 0 aromatic rings. The van der Waals surface area contributed by atoms with Gasteiger partial charge >= 0.3 is 5.97 Å². The number of amides is 2. The lowest BCUT2D eigenvalue weighted by atomic mass is 10.1. The molecule has 8 heteroatoms. The molecule has 0 spiro atoms. The van der Waals surface area contributed by atoms with Gasteiger partial charge in [-0.1, -0.05) is 0 Å². The second kappa shape index (κ2) is 12.3. The molecule has 0 aliphatic carbocycles. The van der Waals surface area contributed by atoms with E-state index in [0.717, 1.165) is 5.75 Å². The summed E-state index contributed by atoms with van der Waals surface area (Å²) in [4.78, 5) is 35.0. The summed E-state index contributed by atoms with van der Waals surface area (Å²) >= 11 is 1.60. The lowest BCUT2D eigenvalue weighted by Crippen LogP contribution is -2.50. The number of rotatable bonds is 11. The maximum absolute atomic E-state index is 12.2. The van der Waals surface area contributed by atoms with Gasteiger partial charge in [0.2, 0.25) is 11.8 Å². The normalized spacial score (nSPS) is 13.1. The number of hydrogen-bond acceptors (Lipinski definition) is 6. The van der Waals surface area contributed by atoms with Crippen LogP contribution in [0.2, 0.25) is 0 Å². The third-order valence-electron chi connectivity index (χ3n) is 2.85. The largest absolute Gasteiger partial charge is 0.469 e. The molecule has 0 fully saturated rings. The van der Waals surface area contributed by atoms with Crippen molar-refractivity contribution in [3.05, 3.63) is 0 Å². The third-order valence-corrected chi connectivity index (χ3v) is 3.50.